The fourth-order valence-corrected chi connectivity index (χ4v) is 2.07. The Balaban J connectivity index is 2.23. The molecule has 0 atom stereocenters. The molecular weight excluding hydrogens is 255 g/mol. The topological polar surface area (TPSA) is 38.1 Å². The zero-order chi connectivity index (χ0) is 13.5. The van der Waals surface area contributed by atoms with E-state index < -0.39 is 11.7 Å². The quantitative estimate of drug-likeness (QED) is 0.793. The molecule has 2 aromatic rings. The van der Waals surface area contributed by atoms with Gasteiger partial charge in [-0.2, -0.15) is 13.2 Å². The molecule has 0 radical (unpaired) electrons. The van der Waals surface area contributed by atoms with Crippen LogP contribution in [0.25, 0.3) is 11.1 Å². The summed E-state index contributed by atoms with van der Waals surface area (Å²) in [5, 5.41) is 0. The van der Waals surface area contributed by atoms with Crippen LogP contribution in [-0.4, -0.2) is 16.2 Å². The highest BCUT2D eigenvalue weighted by Gasteiger charge is 2.32. The first kappa shape index (κ1) is 11.8. The first-order valence-corrected chi connectivity index (χ1v) is 5.55. The molecule has 19 heavy (non-hydrogen) atoms. The SMILES string of the molecule is FC(F)(F)c1cc2c(c(-c3cncnc3)c1)C=NC2. The first-order chi connectivity index (χ1) is 9.05. The minimum absolute atomic E-state index is 0.278. The third kappa shape index (κ3) is 2.09. The molecule has 3 nitrogen and oxygen atoms in total. The molecule has 0 saturated carbocycles. The normalized spacial score (nSPS) is 13.6. The summed E-state index contributed by atoms with van der Waals surface area (Å²) >= 11 is 0. The lowest BCUT2D eigenvalue weighted by Crippen LogP contribution is -2.07. The number of halogens is 3. The zero-order valence-electron chi connectivity index (χ0n) is 9.65. The number of aromatic nitrogens is 2. The second-order valence-corrected chi connectivity index (χ2v) is 4.19. The van der Waals surface area contributed by atoms with E-state index in [2.05, 4.69) is 15.0 Å². The number of nitrogens with zero attached hydrogens (tertiary/aromatic N) is 3. The van der Waals surface area contributed by atoms with Gasteiger partial charge in [0.25, 0.3) is 0 Å². The minimum atomic E-state index is -4.37. The van der Waals surface area contributed by atoms with Crippen molar-refractivity contribution in [3.8, 4) is 11.1 Å². The fourth-order valence-electron chi connectivity index (χ4n) is 2.07. The van der Waals surface area contributed by atoms with Crippen LogP contribution in [0.4, 0.5) is 13.2 Å². The van der Waals surface area contributed by atoms with Gasteiger partial charge >= 0.3 is 6.18 Å². The third-order valence-corrected chi connectivity index (χ3v) is 2.95. The van der Waals surface area contributed by atoms with E-state index in [1.807, 2.05) is 0 Å². The summed E-state index contributed by atoms with van der Waals surface area (Å²) in [5.74, 6) is 0. The van der Waals surface area contributed by atoms with Crippen LogP contribution >= 0.6 is 0 Å². The fraction of sp³-hybridized carbons (Fsp3) is 0.154. The molecule has 3 rings (SSSR count). The second kappa shape index (κ2) is 4.15. The summed E-state index contributed by atoms with van der Waals surface area (Å²) in [7, 11) is 0. The van der Waals surface area contributed by atoms with Gasteiger partial charge in [-0.25, -0.2) is 9.97 Å². The Bertz CT molecular complexity index is 648. The van der Waals surface area contributed by atoms with E-state index in [4.69, 9.17) is 0 Å². The van der Waals surface area contributed by atoms with Crippen molar-refractivity contribution in [2.45, 2.75) is 12.7 Å². The molecule has 1 aliphatic rings. The van der Waals surface area contributed by atoms with Gasteiger partial charge in [-0.1, -0.05) is 0 Å². The highest BCUT2D eigenvalue weighted by molar-refractivity contribution is 5.94. The maximum Gasteiger partial charge on any atom is 0.416 e. The Labute approximate surface area is 106 Å². The third-order valence-electron chi connectivity index (χ3n) is 2.95. The standard InChI is InChI=1S/C13H8F3N3/c14-13(15,16)10-1-8-3-17-6-12(8)11(2-10)9-4-18-7-19-5-9/h1-2,4-7H,3H2. The first-order valence-electron chi connectivity index (χ1n) is 5.55. The van der Waals surface area contributed by atoms with Gasteiger partial charge < -0.3 is 0 Å². The minimum Gasteiger partial charge on any atom is -0.288 e. The number of hydrogen-bond donors (Lipinski definition) is 0. The molecule has 0 bridgehead atoms. The molecule has 0 spiro atoms. The zero-order valence-corrected chi connectivity index (χ0v) is 9.65. The van der Waals surface area contributed by atoms with E-state index in [0.717, 1.165) is 12.1 Å². The molecule has 2 heterocycles. The van der Waals surface area contributed by atoms with Crippen LogP contribution in [0.5, 0.6) is 0 Å². The molecule has 0 N–H and O–H groups in total. The van der Waals surface area contributed by atoms with Crippen molar-refractivity contribution in [1.82, 2.24) is 9.97 Å². The summed E-state index contributed by atoms with van der Waals surface area (Å²) in [6, 6.07) is 2.27. The maximum absolute atomic E-state index is 12.9. The molecule has 0 amide bonds. The molecule has 0 aliphatic carbocycles. The number of rotatable bonds is 1. The van der Waals surface area contributed by atoms with Crippen LogP contribution < -0.4 is 0 Å². The second-order valence-electron chi connectivity index (χ2n) is 4.19. The van der Waals surface area contributed by atoms with E-state index in [0.29, 0.717) is 22.3 Å². The molecule has 1 aliphatic heterocycles. The summed E-state index contributed by atoms with van der Waals surface area (Å²) in [5.41, 5.74) is 1.64. The van der Waals surface area contributed by atoms with Gasteiger partial charge in [0.05, 0.1) is 12.1 Å². The molecular formula is C13H8F3N3. The van der Waals surface area contributed by atoms with Gasteiger partial charge in [0.15, 0.2) is 0 Å². The average Bonchev–Trinajstić information content (AvgIpc) is 2.85. The van der Waals surface area contributed by atoms with Crippen LogP contribution in [0.2, 0.25) is 0 Å². The molecule has 1 aromatic carbocycles. The van der Waals surface area contributed by atoms with Crippen LogP contribution in [0.1, 0.15) is 16.7 Å². The Hall–Kier alpha value is -2.24. The number of fused-ring (bicyclic) bond motifs is 1. The van der Waals surface area contributed by atoms with Crippen LogP contribution in [-0.2, 0) is 12.7 Å². The number of alkyl halides is 3. The Morgan fingerprint density at radius 3 is 2.47 bits per heavy atom. The molecule has 0 fully saturated rings. The molecule has 0 saturated heterocycles. The smallest absolute Gasteiger partial charge is 0.288 e. The summed E-state index contributed by atoms with van der Waals surface area (Å²) in [6.45, 7) is 0.278. The summed E-state index contributed by atoms with van der Waals surface area (Å²) in [4.78, 5) is 11.7. The van der Waals surface area contributed by atoms with Gasteiger partial charge in [-0.05, 0) is 23.3 Å². The van der Waals surface area contributed by atoms with Crippen LogP contribution in [0, 0.1) is 0 Å². The monoisotopic (exact) mass is 263 g/mol. The van der Waals surface area contributed by atoms with Crippen molar-refractivity contribution in [3.05, 3.63) is 47.5 Å². The molecule has 96 valence electrons. The molecule has 6 heteroatoms. The van der Waals surface area contributed by atoms with Gasteiger partial charge in [0.2, 0.25) is 0 Å². The predicted octanol–water partition coefficient (Wildman–Crippen LogP) is 3.09. The Morgan fingerprint density at radius 2 is 1.79 bits per heavy atom. The molecule has 1 aromatic heterocycles. The van der Waals surface area contributed by atoms with Crippen molar-refractivity contribution in [2.75, 3.05) is 0 Å². The van der Waals surface area contributed by atoms with E-state index >= 15 is 0 Å². The summed E-state index contributed by atoms with van der Waals surface area (Å²) in [6.07, 6.45) is 1.55. The summed E-state index contributed by atoms with van der Waals surface area (Å²) < 4.78 is 38.6. The Kier molecular flexibility index (Phi) is 2.58. The maximum atomic E-state index is 12.9. The Morgan fingerprint density at radius 1 is 1.05 bits per heavy atom. The van der Waals surface area contributed by atoms with Crippen LogP contribution in [0.15, 0.2) is 35.8 Å². The van der Waals surface area contributed by atoms with Crippen molar-refractivity contribution in [1.29, 1.82) is 0 Å². The predicted molar refractivity (Wildman–Crippen MR) is 63.8 cm³/mol. The lowest BCUT2D eigenvalue weighted by atomic mass is 9.95. The largest absolute Gasteiger partial charge is 0.416 e. The van der Waals surface area contributed by atoms with Gasteiger partial charge in [0, 0.05) is 29.7 Å². The van der Waals surface area contributed by atoms with Gasteiger partial charge in [-0.3, -0.25) is 4.99 Å². The van der Waals surface area contributed by atoms with E-state index in [-0.39, 0.29) is 6.54 Å². The van der Waals surface area contributed by atoms with Gasteiger partial charge in [-0.15, -0.1) is 0 Å². The van der Waals surface area contributed by atoms with E-state index in [1.54, 1.807) is 6.21 Å². The number of aliphatic imine (C=N–C) groups is 1. The van der Waals surface area contributed by atoms with Crippen molar-refractivity contribution < 1.29 is 13.2 Å². The lowest BCUT2D eigenvalue weighted by molar-refractivity contribution is -0.137. The van der Waals surface area contributed by atoms with Crippen molar-refractivity contribution >= 4 is 6.21 Å². The molecule has 0 unspecified atom stereocenters. The number of hydrogen-bond acceptors (Lipinski definition) is 3. The number of benzene rings is 1. The van der Waals surface area contributed by atoms with Gasteiger partial charge in [0.1, 0.15) is 6.33 Å². The average molecular weight is 263 g/mol. The van der Waals surface area contributed by atoms with Crippen LogP contribution in [0.3, 0.4) is 0 Å². The lowest BCUT2D eigenvalue weighted by Gasteiger charge is -2.12. The van der Waals surface area contributed by atoms with E-state index in [9.17, 15) is 13.2 Å². The van der Waals surface area contributed by atoms with Crippen molar-refractivity contribution in [3.63, 3.8) is 0 Å². The van der Waals surface area contributed by atoms with Crippen molar-refractivity contribution in [2.24, 2.45) is 4.99 Å². The highest BCUT2D eigenvalue weighted by atomic mass is 19.4. The highest BCUT2D eigenvalue weighted by Crippen LogP contribution is 2.36. The van der Waals surface area contributed by atoms with E-state index in [1.165, 1.54) is 18.7 Å².